The Hall–Kier alpha value is -1.30. The van der Waals surface area contributed by atoms with E-state index in [0.717, 1.165) is 0 Å². The summed E-state index contributed by atoms with van der Waals surface area (Å²) in [6.45, 7) is 3.99. The minimum atomic E-state index is -0.854. The first-order valence-electron chi connectivity index (χ1n) is 4.40. The van der Waals surface area contributed by atoms with Gasteiger partial charge in [0.1, 0.15) is 6.61 Å². The summed E-state index contributed by atoms with van der Waals surface area (Å²) in [5, 5.41) is 2.52. The van der Waals surface area contributed by atoms with E-state index in [9.17, 15) is 9.59 Å². The maximum absolute atomic E-state index is 11.2. The Balaban J connectivity index is 3.59. The summed E-state index contributed by atoms with van der Waals surface area (Å²) in [6, 6.07) is -0.538. The Morgan fingerprint density at radius 1 is 1.43 bits per heavy atom. The van der Waals surface area contributed by atoms with Gasteiger partial charge in [-0.3, -0.25) is 4.79 Å². The molecule has 0 bridgehead atoms. The van der Waals surface area contributed by atoms with Crippen LogP contribution in [0.3, 0.4) is 0 Å². The molecule has 0 fully saturated rings. The van der Waals surface area contributed by atoms with Crippen LogP contribution in [0.5, 0.6) is 0 Å². The smallest absolute Gasteiger partial charge is 0.404 e. The van der Waals surface area contributed by atoms with Crippen molar-refractivity contribution in [1.29, 1.82) is 0 Å². The zero-order valence-electron chi connectivity index (χ0n) is 8.45. The minimum absolute atomic E-state index is 0.0614. The fraction of sp³-hybridized carbons (Fsp3) is 0.750. The highest BCUT2D eigenvalue weighted by Crippen LogP contribution is 1.97. The molecule has 82 valence electrons. The molecule has 0 rings (SSSR count). The maximum Gasteiger partial charge on any atom is 0.404 e. The zero-order chi connectivity index (χ0) is 11.1. The summed E-state index contributed by atoms with van der Waals surface area (Å²) in [6.07, 6.45) is -0.854. The van der Waals surface area contributed by atoms with Gasteiger partial charge in [0.15, 0.2) is 0 Å². The summed E-state index contributed by atoms with van der Waals surface area (Å²) < 4.78 is 4.42. The van der Waals surface area contributed by atoms with E-state index in [0.29, 0.717) is 0 Å². The van der Waals surface area contributed by atoms with E-state index >= 15 is 0 Å². The summed E-state index contributed by atoms with van der Waals surface area (Å²) in [5.74, 6) is -0.180. The number of rotatable bonds is 5. The standard InChI is InChI=1S/C8H17N3O3/c1-5(2)6(9)7(12)11-3-4-14-8(10)13/h5-6H,3-4,9H2,1-2H3,(H2,10,13)(H,11,12)/t6-/m1/s1. The maximum atomic E-state index is 11.2. The molecule has 0 aliphatic heterocycles. The monoisotopic (exact) mass is 203 g/mol. The molecule has 0 aromatic carbocycles. The lowest BCUT2D eigenvalue weighted by Gasteiger charge is -2.14. The van der Waals surface area contributed by atoms with Crippen LogP contribution >= 0.6 is 0 Å². The molecule has 0 spiro atoms. The first-order chi connectivity index (χ1) is 6.45. The number of primary amides is 1. The van der Waals surface area contributed by atoms with Crippen LogP contribution in [0.1, 0.15) is 13.8 Å². The van der Waals surface area contributed by atoms with Crippen molar-refractivity contribution >= 4 is 12.0 Å². The van der Waals surface area contributed by atoms with Crippen LogP contribution in [0.25, 0.3) is 0 Å². The van der Waals surface area contributed by atoms with Gasteiger partial charge in [-0.2, -0.15) is 0 Å². The van der Waals surface area contributed by atoms with Gasteiger partial charge >= 0.3 is 6.09 Å². The van der Waals surface area contributed by atoms with Crippen LogP contribution < -0.4 is 16.8 Å². The molecule has 2 amide bonds. The molecule has 6 nitrogen and oxygen atoms in total. The van der Waals surface area contributed by atoms with Gasteiger partial charge in [0.05, 0.1) is 12.6 Å². The van der Waals surface area contributed by atoms with Gasteiger partial charge in [0.25, 0.3) is 0 Å². The summed E-state index contributed by atoms with van der Waals surface area (Å²) in [4.78, 5) is 21.4. The van der Waals surface area contributed by atoms with Crippen molar-refractivity contribution < 1.29 is 14.3 Å². The molecule has 0 unspecified atom stereocenters. The van der Waals surface area contributed by atoms with Gasteiger partial charge in [-0.25, -0.2) is 4.79 Å². The second-order valence-electron chi connectivity index (χ2n) is 3.23. The quantitative estimate of drug-likeness (QED) is 0.507. The van der Waals surface area contributed by atoms with Crippen molar-refractivity contribution in [2.45, 2.75) is 19.9 Å². The van der Waals surface area contributed by atoms with Crippen molar-refractivity contribution in [2.75, 3.05) is 13.2 Å². The molecular formula is C8H17N3O3. The van der Waals surface area contributed by atoms with E-state index in [2.05, 4.69) is 10.1 Å². The van der Waals surface area contributed by atoms with Crippen LogP contribution in [0.2, 0.25) is 0 Å². The highest BCUT2D eigenvalue weighted by Gasteiger charge is 2.16. The molecular weight excluding hydrogens is 186 g/mol. The largest absolute Gasteiger partial charge is 0.448 e. The number of hydrogen-bond acceptors (Lipinski definition) is 4. The predicted octanol–water partition coefficient (Wildman–Crippen LogP) is -0.819. The second kappa shape index (κ2) is 6.20. The van der Waals surface area contributed by atoms with Crippen LogP contribution in [0, 0.1) is 5.92 Å². The summed E-state index contributed by atoms with van der Waals surface area (Å²) >= 11 is 0. The molecule has 1 atom stereocenters. The molecule has 6 heteroatoms. The van der Waals surface area contributed by atoms with E-state index in [4.69, 9.17) is 11.5 Å². The van der Waals surface area contributed by atoms with E-state index in [1.165, 1.54) is 0 Å². The lowest BCUT2D eigenvalue weighted by Crippen LogP contribution is -2.45. The fourth-order valence-electron chi connectivity index (χ4n) is 0.746. The molecule has 0 saturated carbocycles. The third kappa shape index (κ3) is 5.36. The Labute approximate surface area is 83.0 Å². The molecule has 0 aromatic heterocycles. The predicted molar refractivity (Wildman–Crippen MR) is 51.4 cm³/mol. The number of nitrogens with one attached hydrogen (secondary N) is 1. The normalized spacial score (nSPS) is 12.3. The highest BCUT2D eigenvalue weighted by atomic mass is 16.5. The second-order valence-corrected chi connectivity index (χ2v) is 3.23. The lowest BCUT2D eigenvalue weighted by molar-refractivity contribution is -0.123. The lowest BCUT2D eigenvalue weighted by atomic mass is 10.1. The molecule has 5 N–H and O–H groups in total. The third-order valence-electron chi connectivity index (χ3n) is 1.67. The molecule has 0 saturated heterocycles. The van der Waals surface area contributed by atoms with E-state index in [1.807, 2.05) is 13.8 Å². The van der Waals surface area contributed by atoms with E-state index in [-0.39, 0.29) is 25.0 Å². The molecule has 14 heavy (non-hydrogen) atoms. The van der Waals surface area contributed by atoms with Gasteiger partial charge in [-0.15, -0.1) is 0 Å². The SMILES string of the molecule is CC(C)[C@@H](N)C(=O)NCCOC(N)=O. The fourth-order valence-corrected chi connectivity index (χ4v) is 0.746. The molecule has 0 radical (unpaired) electrons. The number of carbonyl (C=O) groups excluding carboxylic acids is 2. The minimum Gasteiger partial charge on any atom is -0.448 e. The van der Waals surface area contributed by atoms with Gasteiger partial charge in [0.2, 0.25) is 5.91 Å². The van der Waals surface area contributed by atoms with Gasteiger partial charge in [-0.05, 0) is 5.92 Å². The highest BCUT2D eigenvalue weighted by molar-refractivity contribution is 5.81. The molecule has 0 aromatic rings. The average Bonchev–Trinajstić information content (AvgIpc) is 2.10. The van der Waals surface area contributed by atoms with Crippen LogP contribution in [-0.4, -0.2) is 31.2 Å². The number of hydrogen-bond donors (Lipinski definition) is 3. The van der Waals surface area contributed by atoms with E-state index < -0.39 is 12.1 Å². The Kier molecular flexibility index (Phi) is 5.62. The number of carbonyl (C=O) groups is 2. The van der Waals surface area contributed by atoms with E-state index in [1.54, 1.807) is 0 Å². The Morgan fingerprint density at radius 3 is 2.43 bits per heavy atom. The van der Waals surface area contributed by atoms with Crippen LogP contribution in [0.4, 0.5) is 4.79 Å². The number of amides is 2. The van der Waals surface area contributed by atoms with Crippen LogP contribution in [-0.2, 0) is 9.53 Å². The van der Waals surface area contributed by atoms with Crippen LogP contribution in [0.15, 0.2) is 0 Å². The number of ether oxygens (including phenoxy) is 1. The third-order valence-corrected chi connectivity index (χ3v) is 1.67. The van der Waals surface area contributed by atoms with Crippen molar-refractivity contribution in [3.63, 3.8) is 0 Å². The average molecular weight is 203 g/mol. The van der Waals surface area contributed by atoms with Crippen molar-refractivity contribution in [3.05, 3.63) is 0 Å². The molecule has 0 aliphatic rings. The molecule has 0 aliphatic carbocycles. The Bertz CT molecular complexity index is 206. The van der Waals surface area contributed by atoms with Crippen molar-refractivity contribution in [2.24, 2.45) is 17.4 Å². The van der Waals surface area contributed by atoms with Crippen molar-refractivity contribution in [3.8, 4) is 0 Å². The first-order valence-corrected chi connectivity index (χ1v) is 4.40. The van der Waals surface area contributed by atoms with Gasteiger partial charge < -0.3 is 21.5 Å². The topological polar surface area (TPSA) is 107 Å². The zero-order valence-corrected chi connectivity index (χ0v) is 8.45. The molecule has 0 heterocycles. The summed E-state index contributed by atoms with van der Waals surface area (Å²) in [5.41, 5.74) is 10.3. The number of nitrogens with two attached hydrogens (primary N) is 2. The van der Waals surface area contributed by atoms with Crippen molar-refractivity contribution in [1.82, 2.24) is 5.32 Å². The Morgan fingerprint density at radius 2 is 2.00 bits per heavy atom. The summed E-state index contributed by atoms with van der Waals surface area (Å²) in [7, 11) is 0. The van der Waals surface area contributed by atoms with Gasteiger partial charge in [-0.1, -0.05) is 13.8 Å². The first kappa shape index (κ1) is 12.7. The van der Waals surface area contributed by atoms with Gasteiger partial charge in [0, 0.05) is 0 Å².